The van der Waals surface area contributed by atoms with Crippen molar-refractivity contribution in [1.29, 1.82) is 0 Å². The van der Waals surface area contributed by atoms with E-state index in [0.717, 1.165) is 34.6 Å². The Labute approximate surface area is 151 Å². The normalized spacial score (nSPS) is 14.8. The van der Waals surface area contributed by atoms with E-state index in [9.17, 15) is 24.0 Å². The Morgan fingerprint density at radius 1 is 0.615 bits per heavy atom. The SMILES string of the molecule is CC(=O)OC[C@@H](OC(C)=O)[C@H](OC(C)=O)[C@@H](OC(C)=O)[C@H](C)OC(C)=O. The molecule has 0 radical (unpaired) electrons. The van der Waals surface area contributed by atoms with Gasteiger partial charge in [0.25, 0.3) is 0 Å². The van der Waals surface area contributed by atoms with E-state index in [1.165, 1.54) is 6.92 Å². The second-order valence-corrected chi connectivity index (χ2v) is 5.41. The molecule has 0 fully saturated rings. The third kappa shape index (κ3) is 9.60. The van der Waals surface area contributed by atoms with Crippen molar-refractivity contribution in [3.05, 3.63) is 0 Å². The minimum Gasteiger partial charge on any atom is -0.462 e. The first-order chi connectivity index (χ1) is 11.9. The summed E-state index contributed by atoms with van der Waals surface area (Å²) in [6.07, 6.45) is -5.02. The summed E-state index contributed by atoms with van der Waals surface area (Å²) in [6.45, 7) is 6.51. The largest absolute Gasteiger partial charge is 0.462 e. The van der Waals surface area contributed by atoms with Crippen LogP contribution in [0.25, 0.3) is 0 Å². The summed E-state index contributed by atoms with van der Waals surface area (Å²) in [4.78, 5) is 56.6. The highest BCUT2D eigenvalue weighted by atomic mass is 16.6. The van der Waals surface area contributed by atoms with Crippen LogP contribution in [0.4, 0.5) is 0 Å². The van der Waals surface area contributed by atoms with E-state index in [-0.39, 0.29) is 0 Å². The number of esters is 5. The van der Waals surface area contributed by atoms with Crippen molar-refractivity contribution in [3.8, 4) is 0 Å². The quantitative estimate of drug-likeness (QED) is 0.409. The van der Waals surface area contributed by atoms with Crippen LogP contribution in [0, 0.1) is 0 Å². The molecule has 0 spiro atoms. The molecule has 0 aliphatic carbocycles. The lowest BCUT2D eigenvalue weighted by molar-refractivity contribution is -0.201. The van der Waals surface area contributed by atoms with E-state index in [0.29, 0.717) is 0 Å². The van der Waals surface area contributed by atoms with Crippen LogP contribution in [0.15, 0.2) is 0 Å². The first kappa shape index (κ1) is 23.4. The highest BCUT2D eigenvalue weighted by molar-refractivity contribution is 5.69. The number of hydrogen-bond acceptors (Lipinski definition) is 10. The highest BCUT2D eigenvalue weighted by Crippen LogP contribution is 2.19. The molecule has 10 heteroatoms. The molecule has 0 saturated carbocycles. The van der Waals surface area contributed by atoms with Gasteiger partial charge in [0.05, 0.1) is 0 Å². The van der Waals surface area contributed by atoms with Crippen LogP contribution in [-0.4, -0.2) is 60.9 Å². The number of ether oxygens (including phenoxy) is 5. The summed E-state index contributed by atoms with van der Waals surface area (Å²) in [5, 5.41) is 0. The molecule has 0 aromatic rings. The molecule has 0 aromatic heterocycles. The van der Waals surface area contributed by atoms with Gasteiger partial charge in [-0.25, -0.2) is 0 Å². The van der Waals surface area contributed by atoms with Crippen LogP contribution in [0.5, 0.6) is 0 Å². The standard InChI is InChI=1S/C16H24O10/c1-8(23-10(3)18)15(25-12(5)20)16(26-13(6)21)14(24-11(4)19)7-22-9(2)17/h8,14-16H,7H2,1-6H3/t8-,14+,15-,16-/m0/s1. The summed E-state index contributed by atoms with van der Waals surface area (Å²) >= 11 is 0. The van der Waals surface area contributed by atoms with Crippen molar-refractivity contribution in [2.45, 2.75) is 66.0 Å². The molecule has 0 amide bonds. The number of carbonyl (C=O) groups excluding carboxylic acids is 5. The van der Waals surface area contributed by atoms with E-state index in [1.807, 2.05) is 0 Å². The second-order valence-electron chi connectivity index (χ2n) is 5.41. The van der Waals surface area contributed by atoms with Gasteiger partial charge in [0.15, 0.2) is 18.3 Å². The molecule has 10 nitrogen and oxygen atoms in total. The number of rotatable bonds is 9. The topological polar surface area (TPSA) is 132 Å². The van der Waals surface area contributed by atoms with Crippen LogP contribution >= 0.6 is 0 Å². The Morgan fingerprint density at radius 3 is 1.42 bits per heavy atom. The maximum absolute atomic E-state index is 11.5. The van der Waals surface area contributed by atoms with E-state index < -0.39 is 60.9 Å². The maximum atomic E-state index is 11.5. The van der Waals surface area contributed by atoms with E-state index in [4.69, 9.17) is 23.7 Å². The van der Waals surface area contributed by atoms with E-state index in [2.05, 4.69) is 0 Å². The summed E-state index contributed by atoms with van der Waals surface area (Å²) in [5.41, 5.74) is 0. The van der Waals surface area contributed by atoms with Gasteiger partial charge in [-0.1, -0.05) is 0 Å². The predicted molar refractivity (Wildman–Crippen MR) is 84.5 cm³/mol. The average molecular weight is 376 g/mol. The van der Waals surface area contributed by atoms with Crippen LogP contribution in [0.1, 0.15) is 41.5 Å². The molecule has 0 aliphatic rings. The van der Waals surface area contributed by atoms with Gasteiger partial charge < -0.3 is 23.7 Å². The molecule has 0 bridgehead atoms. The van der Waals surface area contributed by atoms with Gasteiger partial charge in [0.2, 0.25) is 0 Å². The van der Waals surface area contributed by atoms with E-state index >= 15 is 0 Å². The fourth-order valence-electron chi connectivity index (χ4n) is 2.11. The zero-order valence-corrected chi connectivity index (χ0v) is 15.6. The lowest BCUT2D eigenvalue weighted by atomic mass is 10.0. The fraction of sp³-hybridized carbons (Fsp3) is 0.688. The predicted octanol–water partition coefficient (Wildman–Crippen LogP) is 0.296. The Morgan fingerprint density at radius 2 is 1.04 bits per heavy atom. The van der Waals surface area contributed by atoms with Crippen molar-refractivity contribution in [3.63, 3.8) is 0 Å². The molecule has 0 N–H and O–H groups in total. The van der Waals surface area contributed by atoms with Crippen LogP contribution < -0.4 is 0 Å². The van der Waals surface area contributed by atoms with Gasteiger partial charge in [-0.2, -0.15) is 0 Å². The van der Waals surface area contributed by atoms with Gasteiger partial charge in [-0.05, 0) is 6.92 Å². The molecular weight excluding hydrogens is 352 g/mol. The number of carbonyl (C=O) groups is 5. The van der Waals surface area contributed by atoms with Gasteiger partial charge in [0.1, 0.15) is 12.7 Å². The highest BCUT2D eigenvalue weighted by Gasteiger charge is 2.42. The Balaban J connectivity index is 5.80. The lowest BCUT2D eigenvalue weighted by Gasteiger charge is -2.34. The van der Waals surface area contributed by atoms with Gasteiger partial charge >= 0.3 is 29.8 Å². The lowest BCUT2D eigenvalue weighted by Crippen LogP contribution is -2.52. The van der Waals surface area contributed by atoms with Crippen LogP contribution in [0.3, 0.4) is 0 Å². The van der Waals surface area contributed by atoms with Crippen LogP contribution in [-0.2, 0) is 47.7 Å². The fourth-order valence-corrected chi connectivity index (χ4v) is 2.11. The average Bonchev–Trinajstić information content (AvgIpc) is 2.45. The first-order valence-electron chi connectivity index (χ1n) is 7.76. The van der Waals surface area contributed by atoms with Crippen LogP contribution in [0.2, 0.25) is 0 Å². The van der Waals surface area contributed by atoms with Gasteiger partial charge in [0, 0.05) is 34.6 Å². The summed E-state index contributed by atoms with van der Waals surface area (Å²) in [6, 6.07) is 0. The Hall–Kier alpha value is -2.65. The monoisotopic (exact) mass is 376 g/mol. The molecular formula is C16H24O10. The number of hydrogen-bond donors (Lipinski definition) is 0. The van der Waals surface area contributed by atoms with E-state index in [1.54, 1.807) is 0 Å². The summed E-state index contributed by atoms with van der Waals surface area (Å²) < 4.78 is 25.1. The molecule has 0 rings (SSSR count). The van der Waals surface area contributed by atoms with Crippen molar-refractivity contribution >= 4 is 29.8 Å². The summed E-state index contributed by atoms with van der Waals surface area (Å²) in [7, 11) is 0. The van der Waals surface area contributed by atoms with Gasteiger partial charge in [-0.15, -0.1) is 0 Å². The molecule has 0 unspecified atom stereocenters. The third-order valence-corrected chi connectivity index (χ3v) is 2.88. The minimum absolute atomic E-state index is 0.461. The molecule has 148 valence electrons. The second kappa shape index (κ2) is 11.1. The summed E-state index contributed by atoms with van der Waals surface area (Å²) in [5.74, 6) is -3.61. The molecule has 0 heterocycles. The molecule has 0 saturated heterocycles. The van der Waals surface area contributed by atoms with Gasteiger partial charge in [-0.3, -0.25) is 24.0 Å². The zero-order chi connectivity index (χ0) is 20.4. The Bertz CT molecular complexity index is 541. The Kier molecular flexibility index (Phi) is 9.93. The minimum atomic E-state index is -1.38. The molecule has 0 aromatic carbocycles. The molecule has 4 atom stereocenters. The van der Waals surface area contributed by atoms with Crippen molar-refractivity contribution in [2.24, 2.45) is 0 Å². The van der Waals surface area contributed by atoms with Crippen molar-refractivity contribution < 1.29 is 47.7 Å². The molecule has 0 aliphatic heterocycles. The van der Waals surface area contributed by atoms with Crippen molar-refractivity contribution in [2.75, 3.05) is 6.61 Å². The zero-order valence-electron chi connectivity index (χ0n) is 15.6. The first-order valence-corrected chi connectivity index (χ1v) is 7.76. The smallest absolute Gasteiger partial charge is 0.303 e. The molecule has 26 heavy (non-hydrogen) atoms. The third-order valence-electron chi connectivity index (χ3n) is 2.88. The van der Waals surface area contributed by atoms with Crippen molar-refractivity contribution in [1.82, 2.24) is 0 Å². The maximum Gasteiger partial charge on any atom is 0.303 e.